The molecule has 0 radical (unpaired) electrons. The standard InChI is InChI=1S/C31H27N3O7S/c1-18(30(35)33-21-10-12-22(13-11-21)42(32,37)38)41-31(36)28-23-6-2-3-8-25(23)34-29-20(5-4-7-24(28)29)15-19-9-14-26-27(16-19)40-17-39-26/h2-3,6,8-16,18H,4-5,7,17H2,1H3,(H,33,35)(H2,32,37,38)/b20-15+/t18-/m0/s1. The molecule has 2 heterocycles. The van der Waals surface area contributed by atoms with Crippen molar-refractivity contribution in [3.63, 3.8) is 0 Å². The maximum atomic E-state index is 13.7. The summed E-state index contributed by atoms with van der Waals surface area (Å²) in [5, 5.41) is 8.42. The zero-order valence-corrected chi connectivity index (χ0v) is 23.4. The number of hydrogen-bond acceptors (Lipinski definition) is 8. The second-order valence-corrected chi connectivity index (χ2v) is 11.6. The van der Waals surface area contributed by atoms with Crippen molar-refractivity contribution in [2.45, 2.75) is 37.2 Å². The lowest BCUT2D eigenvalue weighted by Gasteiger charge is -2.23. The van der Waals surface area contributed by atoms with Gasteiger partial charge in [-0.1, -0.05) is 24.3 Å². The number of ether oxygens (including phenoxy) is 3. The third-order valence-electron chi connectivity index (χ3n) is 7.22. The molecule has 2 aliphatic rings. The number of pyridine rings is 1. The zero-order chi connectivity index (χ0) is 29.4. The van der Waals surface area contributed by atoms with E-state index in [0.29, 0.717) is 40.1 Å². The summed E-state index contributed by atoms with van der Waals surface area (Å²) in [6, 6.07) is 18.5. The summed E-state index contributed by atoms with van der Waals surface area (Å²) in [6.45, 7) is 1.67. The number of carbonyl (C=O) groups is 2. The molecule has 42 heavy (non-hydrogen) atoms. The molecule has 3 N–H and O–H groups in total. The number of primary sulfonamides is 1. The van der Waals surface area contributed by atoms with Crippen LogP contribution in [-0.4, -0.2) is 38.2 Å². The highest BCUT2D eigenvalue weighted by molar-refractivity contribution is 7.89. The summed E-state index contributed by atoms with van der Waals surface area (Å²) >= 11 is 0. The number of fused-ring (bicyclic) bond motifs is 3. The number of sulfonamides is 1. The van der Waals surface area contributed by atoms with E-state index in [2.05, 4.69) is 5.32 Å². The van der Waals surface area contributed by atoms with Gasteiger partial charge in [0, 0.05) is 11.1 Å². The maximum Gasteiger partial charge on any atom is 0.339 e. The molecule has 11 heteroatoms. The zero-order valence-electron chi connectivity index (χ0n) is 22.6. The Morgan fingerprint density at radius 2 is 1.79 bits per heavy atom. The summed E-state index contributed by atoms with van der Waals surface area (Å²) in [6.07, 6.45) is 3.14. The van der Waals surface area contributed by atoms with Gasteiger partial charge in [0.1, 0.15) is 0 Å². The van der Waals surface area contributed by atoms with E-state index in [9.17, 15) is 18.0 Å². The number of carbonyl (C=O) groups excluding carboxylic acids is 2. The Kier molecular flexibility index (Phi) is 7.13. The Morgan fingerprint density at radius 1 is 1.02 bits per heavy atom. The molecular weight excluding hydrogens is 558 g/mol. The molecule has 0 spiro atoms. The fourth-order valence-electron chi connectivity index (χ4n) is 5.16. The average Bonchev–Trinajstić information content (AvgIpc) is 3.44. The number of esters is 1. The maximum absolute atomic E-state index is 13.7. The van der Waals surface area contributed by atoms with Crippen molar-refractivity contribution in [1.82, 2.24) is 4.98 Å². The Hall–Kier alpha value is -4.74. The second kappa shape index (κ2) is 10.9. The van der Waals surface area contributed by atoms with Crippen molar-refractivity contribution >= 4 is 50.1 Å². The highest BCUT2D eigenvalue weighted by Gasteiger charge is 2.28. The molecule has 214 valence electrons. The number of aromatic nitrogens is 1. The van der Waals surface area contributed by atoms with E-state index >= 15 is 0 Å². The number of anilines is 1. The molecule has 4 aromatic rings. The minimum absolute atomic E-state index is 0.0822. The molecule has 0 saturated carbocycles. The van der Waals surface area contributed by atoms with E-state index in [-0.39, 0.29) is 11.7 Å². The van der Waals surface area contributed by atoms with Crippen molar-refractivity contribution in [2.24, 2.45) is 5.14 Å². The van der Waals surface area contributed by atoms with Crippen LogP contribution in [0.2, 0.25) is 0 Å². The number of benzene rings is 3. The monoisotopic (exact) mass is 585 g/mol. The van der Waals surface area contributed by atoms with Gasteiger partial charge in [-0.05, 0) is 91.4 Å². The number of nitrogens with one attached hydrogen (secondary N) is 1. The van der Waals surface area contributed by atoms with Crippen LogP contribution in [-0.2, 0) is 26.0 Å². The van der Waals surface area contributed by atoms with Crippen LogP contribution in [0, 0.1) is 0 Å². The molecule has 1 aliphatic heterocycles. The largest absolute Gasteiger partial charge is 0.454 e. The van der Waals surface area contributed by atoms with E-state index < -0.39 is 28.0 Å². The van der Waals surface area contributed by atoms with Gasteiger partial charge < -0.3 is 19.5 Å². The van der Waals surface area contributed by atoms with Crippen LogP contribution in [0.4, 0.5) is 5.69 Å². The third-order valence-corrected chi connectivity index (χ3v) is 8.14. The van der Waals surface area contributed by atoms with Crippen molar-refractivity contribution in [3.05, 3.63) is 89.1 Å². The fraction of sp³-hybridized carbons (Fsp3) is 0.194. The minimum atomic E-state index is -3.86. The number of hydrogen-bond donors (Lipinski definition) is 2. The first-order chi connectivity index (χ1) is 20.2. The predicted octanol–water partition coefficient (Wildman–Crippen LogP) is 4.67. The first kappa shape index (κ1) is 27.4. The molecular formula is C31H27N3O7S. The predicted molar refractivity (Wildman–Crippen MR) is 156 cm³/mol. The van der Waals surface area contributed by atoms with Gasteiger partial charge in [-0.2, -0.15) is 0 Å². The van der Waals surface area contributed by atoms with E-state index in [1.54, 1.807) is 0 Å². The van der Waals surface area contributed by atoms with Gasteiger partial charge in [-0.3, -0.25) is 4.79 Å². The van der Waals surface area contributed by atoms with E-state index in [1.807, 2.05) is 48.5 Å². The molecule has 1 amide bonds. The SMILES string of the molecule is C[C@H](OC(=O)c1c2c(nc3ccccc13)/C(=C/c1ccc3c(c1)OCO3)CCC2)C(=O)Nc1ccc(S(N)(=O)=O)cc1. The normalized spacial score (nSPS) is 15.7. The summed E-state index contributed by atoms with van der Waals surface area (Å²) in [5.41, 5.74) is 4.81. The van der Waals surface area contributed by atoms with Crippen molar-refractivity contribution in [1.29, 1.82) is 0 Å². The summed E-state index contributed by atoms with van der Waals surface area (Å²) in [4.78, 5) is 31.4. The lowest BCUT2D eigenvalue weighted by atomic mass is 9.86. The van der Waals surface area contributed by atoms with Crippen LogP contribution in [0.25, 0.3) is 22.6 Å². The summed E-state index contributed by atoms with van der Waals surface area (Å²) in [5.74, 6) is 0.196. The van der Waals surface area contributed by atoms with Crippen LogP contribution in [0.5, 0.6) is 11.5 Å². The van der Waals surface area contributed by atoms with Crippen LogP contribution >= 0.6 is 0 Å². The van der Waals surface area contributed by atoms with Crippen LogP contribution in [0.15, 0.2) is 71.6 Å². The van der Waals surface area contributed by atoms with E-state index in [1.165, 1.54) is 31.2 Å². The molecule has 1 atom stereocenters. The number of amides is 1. The Balaban J connectivity index is 1.29. The number of nitrogens with zero attached hydrogens (tertiary/aromatic N) is 1. The number of para-hydroxylation sites is 1. The Labute approximate surface area is 242 Å². The van der Waals surface area contributed by atoms with Gasteiger partial charge in [-0.15, -0.1) is 0 Å². The topological polar surface area (TPSA) is 147 Å². The quantitative estimate of drug-likeness (QED) is 0.310. The van der Waals surface area contributed by atoms with Crippen molar-refractivity contribution < 1.29 is 32.2 Å². The number of nitrogens with two attached hydrogens (primary N) is 1. The van der Waals surface area contributed by atoms with E-state index in [0.717, 1.165) is 35.2 Å². The molecule has 0 bridgehead atoms. The average molecular weight is 586 g/mol. The van der Waals surface area contributed by atoms with Crippen LogP contribution < -0.4 is 19.9 Å². The minimum Gasteiger partial charge on any atom is -0.454 e. The lowest BCUT2D eigenvalue weighted by Crippen LogP contribution is -2.30. The lowest BCUT2D eigenvalue weighted by molar-refractivity contribution is -0.123. The first-order valence-electron chi connectivity index (χ1n) is 13.3. The van der Waals surface area contributed by atoms with Gasteiger partial charge in [-0.25, -0.2) is 23.3 Å². The van der Waals surface area contributed by atoms with Crippen molar-refractivity contribution in [3.8, 4) is 11.5 Å². The van der Waals surface area contributed by atoms with Gasteiger partial charge in [0.25, 0.3) is 5.91 Å². The van der Waals surface area contributed by atoms with Gasteiger partial charge in [0.05, 0.1) is 21.7 Å². The summed E-state index contributed by atoms with van der Waals surface area (Å²) < 4.78 is 39.6. The highest BCUT2D eigenvalue weighted by atomic mass is 32.2. The fourth-order valence-corrected chi connectivity index (χ4v) is 5.67. The highest BCUT2D eigenvalue weighted by Crippen LogP contribution is 2.38. The van der Waals surface area contributed by atoms with Crippen LogP contribution in [0.1, 0.15) is 46.9 Å². The van der Waals surface area contributed by atoms with Gasteiger partial charge in [0.2, 0.25) is 16.8 Å². The Morgan fingerprint density at radius 3 is 2.57 bits per heavy atom. The molecule has 0 unspecified atom stereocenters. The smallest absolute Gasteiger partial charge is 0.339 e. The van der Waals surface area contributed by atoms with E-state index in [4.69, 9.17) is 24.3 Å². The molecule has 0 fully saturated rings. The summed E-state index contributed by atoms with van der Waals surface area (Å²) in [7, 11) is -3.86. The number of rotatable bonds is 6. The Bertz CT molecular complexity index is 1870. The van der Waals surface area contributed by atoms with Gasteiger partial charge in [0.15, 0.2) is 17.6 Å². The first-order valence-corrected chi connectivity index (χ1v) is 14.9. The molecule has 0 saturated heterocycles. The number of allylic oxidation sites excluding steroid dienone is 1. The van der Waals surface area contributed by atoms with Crippen LogP contribution in [0.3, 0.4) is 0 Å². The molecule has 6 rings (SSSR count). The molecule has 1 aliphatic carbocycles. The molecule has 10 nitrogen and oxygen atoms in total. The van der Waals surface area contributed by atoms with Gasteiger partial charge >= 0.3 is 5.97 Å². The second-order valence-electron chi connectivity index (χ2n) is 10.1. The molecule has 3 aromatic carbocycles. The molecule has 1 aromatic heterocycles. The van der Waals surface area contributed by atoms with Crippen molar-refractivity contribution in [2.75, 3.05) is 12.1 Å². The third kappa shape index (κ3) is 5.44.